The molecule has 3 aromatic heterocycles. The first-order valence-corrected chi connectivity index (χ1v) is 18.9. The van der Waals surface area contributed by atoms with E-state index in [1.807, 2.05) is 17.7 Å². The lowest BCUT2D eigenvalue weighted by atomic mass is 9.71. The lowest BCUT2D eigenvalue weighted by molar-refractivity contribution is 0.0714. The first-order valence-electron chi connectivity index (χ1n) is 18.9. The Hall–Kier alpha value is -4.42. The quantitative estimate of drug-likeness (QED) is 0.222. The Balaban J connectivity index is 1.03. The number of likely N-dealkylation sites (N-methyl/N-ethyl adjacent to an activating group) is 1. The minimum absolute atomic E-state index is 0.143. The molecule has 4 aliphatic heterocycles. The van der Waals surface area contributed by atoms with Crippen molar-refractivity contribution in [1.29, 1.82) is 0 Å². The number of anilines is 1. The van der Waals surface area contributed by atoms with Crippen molar-refractivity contribution in [3.05, 3.63) is 82.4 Å². The van der Waals surface area contributed by atoms with E-state index in [-0.39, 0.29) is 16.9 Å². The maximum atomic E-state index is 14.7. The highest BCUT2D eigenvalue weighted by molar-refractivity contribution is 5.80. The monoisotopic (exact) mass is 705 g/mol. The van der Waals surface area contributed by atoms with E-state index in [4.69, 9.17) is 19.8 Å². The van der Waals surface area contributed by atoms with Crippen LogP contribution in [0.4, 0.5) is 14.6 Å². The van der Waals surface area contributed by atoms with Crippen LogP contribution in [0.15, 0.2) is 48.5 Å². The molecule has 12 heteroatoms. The van der Waals surface area contributed by atoms with Crippen molar-refractivity contribution in [3.63, 3.8) is 0 Å². The molecule has 0 amide bonds. The van der Waals surface area contributed by atoms with Gasteiger partial charge in [0.2, 0.25) is 0 Å². The Morgan fingerprint density at radius 1 is 0.942 bits per heavy atom. The first-order chi connectivity index (χ1) is 25.3. The van der Waals surface area contributed by atoms with Crippen molar-refractivity contribution in [3.8, 4) is 17.5 Å². The summed E-state index contributed by atoms with van der Waals surface area (Å²) >= 11 is 0. The number of rotatable bonds is 5. The van der Waals surface area contributed by atoms with E-state index < -0.39 is 6.17 Å². The first kappa shape index (κ1) is 32.2. The normalized spacial score (nSPS) is 26.0. The van der Waals surface area contributed by atoms with Gasteiger partial charge in [0.15, 0.2) is 11.6 Å². The lowest BCUT2D eigenvalue weighted by Gasteiger charge is -2.49. The van der Waals surface area contributed by atoms with Gasteiger partial charge in [0.05, 0.1) is 34.5 Å². The van der Waals surface area contributed by atoms with Gasteiger partial charge in [-0.2, -0.15) is 15.1 Å². The average molecular weight is 706 g/mol. The van der Waals surface area contributed by atoms with Crippen LogP contribution in [-0.4, -0.2) is 84.1 Å². The van der Waals surface area contributed by atoms with E-state index in [2.05, 4.69) is 61.7 Å². The maximum absolute atomic E-state index is 14.7. The van der Waals surface area contributed by atoms with Crippen LogP contribution in [0.1, 0.15) is 66.6 Å². The van der Waals surface area contributed by atoms with Gasteiger partial charge in [-0.05, 0) is 81.4 Å². The van der Waals surface area contributed by atoms with E-state index in [1.165, 1.54) is 17.2 Å². The van der Waals surface area contributed by atoms with Crippen molar-refractivity contribution >= 4 is 16.9 Å². The van der Waals surface area contributed by atoms with Crippen molar-refractivity contribution in [2.24, 2.45) is 7.05 Å². The number of hydrogen-bond acceptors (Lipinski definition) is 8. The largest absolute Gasteiger partial charge is 0.461 e. The number of para-hydroxylation sites is 1. The molecule has 0 radical (unpaired) electrons. The molecule has 5 aromatic rings. The minimum Gasteiger partial charge on any atom is -0.461 e. The van der Waals surface area contributed by atoms with E-state index in [0.717, 1.165) is 105 Å². The van der Waals surface area contributed by atoms with Crippen LogP contribution in [0.5, 0.6) is 6.01 Å². The Morgan fingerprint density at radius 3 is 2.75 bits per heavy atom. The number of aryl methyl sites for hydroxylation is 3. The SMILES string of the molecule is CN1Cc2c(nc(OC[C@@]34CCCN3CC(F)C4)nc2N2CCCn3nc(-c4nc5c(F)cccc5n4C)cc3C2)C[C@]12CCCc1ccccc12. The van der Waals surface area contributed by atoms with Gasteiger partial charge in [0.25, 0.3) is 0 Å². The zero-order valence-electron chi connectivity index (χ0n) is 30.0. The fourth-order valence-electron chi connectivity index (χ4n) is 10.2. The number of alkyl halides is 1. The molecule has 0 bridgehead atoms. The molecule has 0 saturated carbocycles. The Kier molecular flexibility index (Phi) is 7.48. The molecule has 2 aromatic carbocycles. The molecule has 10 nitrogen and oxygen atoms in total. The number of ether oxygens (including phenoxy) is 1. The van der Waals surface area contributed by atoms with Crippen LogP contribution in [0.2, 0.25) is 0 Å². The molecule has 1 unspecified atom stereocenters. The fraction of sp³-hybridized carbons (Fsp3) is 0.500. The second kappa shape index (κ2) is 12.1. The molecule has 270 valence electrons. The molecule has 7 heterocycles. The zero-order valence-corrected chi connectivity index (χ0v) is 30.0. The van der Waals surface area contributed by atoms with Crippen molar-refractivity contribution in [1.82, 2.24) is 39.1 Å². The van der Waals surface area contributed by atoms with E-state index in [0.29, 0.717) is 43.5 Å². The standard InChI is InChI=1S/C40H45F2N9O/c1-47-24-29-33(21-40(47)15-6-10-26-9-3-4-11-30(26)40)43-38(52-25-39-14-7-17-50(39)22-27(41)20-39)45-36(29)49-16-8-18-51-28(23-49)19-32(46-51)37-44-35-31(42)12-5-13-34(35)48(37)2/h3-5,9,11-13,19,27H,6-8,10,14-18,20-25H2,1-2H3/t27?,39-,40-/m0/s1. The summed E-state index contributed by atoms with van der Waals surface area (Å²) in [5.74, 6) is 1.21. The molecule has 1 aliphatic carbocycles. The highest BCUT2D eigenvalue weighted by Gasteiger charge is 2.50. The van der Waals surface area contributed by atoms with Crippen LogP contribution in [0.3, 0.4) is 0 Å². The average Bonchev–Trinajstić information content (AvgIpc) is 3.86. The smallest absolute Gasteiger partial charge is 0.318 e. The number of imidazole rings is 1. The number of halogens is 2. The zero-order chi connectivity index (χ0) is 35.2. The van der Waals surface area contributed by atoms with E-state index in [1.54, 1.807) is 6.07 Å². The fourth-order valence-corrected chi connectivity index (χ4v) is 10.2. The van der Waals surface area contributed by atoms with Crippen molar-refractivity contribution in [2.45, 2.75) is 88.3 Å². The molecule has 52 heavy (non-hydrogen) atoms. The second-order valence-electron chi connectivity index (χ2n) is 15.8. The second-order valence-corrected chi connectivity index (χ2v) is 15.8. The Labute approximate surface area is 302 Å². The maximum Gasteiger partial charge on any atom is 0.318 e. The number of hydrogen-bond donors (Lipinski definition) is 0. The van der Waals surface area contributed by atoms with Gasteiger partial charge in [0, 0.05) is 51.6 Å². The summed E-state index contributed by atoms with van der Waals surface area (Å²) in [5, 5.41) is 4.98. The Bertz CT molecular complexity index is 2200. The van der Waals surface area contributed by atoms with E-state index in [9.17, 15) is 8.78 Å². The summed E-state index contributed by atoms with van der Waals surface area (Å²) in [6.45, 7) is 4.69. The van der Waals surface area contributed by atoms with Crippen LogP contribution in [-0.2, 0) is 45.1 Å². The van der Waals surface area contributed by atoms with Gasteiger partial charge in [0.1, 0.15) is 29.8 Å². The highest BCUT2D eigenvalue weighted by atomic mass is 19.1. The van der Waals surface area contributed by atoms with Gasteiger partial charge in [-0.1, -0.05) is 30.3 Å². The predicted octanol–water partition coefficient (Wildman–Crippen LogP) is 5.95. The van der Waals surface area contributed by atoms with Gasteiger partial charge >= 0.3 is 6.01 Å². The molecule has 5 aliphatic rings. The summed E-state index contributed by atoms with van der Waals surface area (Å²) in [5.41, 5.74) is 7.47. The third kappa shape index (κ3) is 5.00. The van der Waals surface area contributed by atoms with Crippen LogP contribution >= 0.6 is 0 Å². The summed E-state index contributed by atoms with van der Waals surface area (Å²) in [6.07, 6.45) is 6.66. The summed E-state index contributed by atoms with van der Waals surface area (Å²) in [6, 6.07) is 16.4. The number of fused-ring (bicyclic) bond motifs is 6. The third-order valence-electron chi connectivity index (χ3n) is 12.8. The van der Waals surface area contributed by atoms with E-state index >= 15 is 0 Å². The predicted molar refractivity (Wildman–Crippen MR) is 194 cm³/mol. The highest BCUT2D eigenvalue weighted by Crippen LogP contribution is 2.47. The topological polar surface area (TPSA) is 80.4 Å². The van der Waals surface area contributed by atoms with Crippen molar-refractivity contribution < 1.29 is 13.5 Å². The Morgan fingerprint density at radius 2 is 1.85 bits per heavy atom. The molecule has 10 rings (SSSR count). The number of aromatic nitrogens is 6. The summed E-state index contributed by atoms with van der Waals surface area (Å²) in [7, 11) is 4.16. The number of benzene rings is 2. The molecule has 2 saturated heterocycles. The number of nitrogens with zero attached hydrogens (tertiary/aromatic N) is 9. The van der Waals surface area contributed by atoms with Gasteiger partial charge < -0.3 is 14.2 Å². The minimum atomic E-state index is -0.819. The third-order valence-corrected chi connectivity index (χ3v) is 12.8. The van der Waals surface area contributed by atoms with Crippen LogP contribution in [0, 0.1) is 5.82 Å². The van der Waals surface area contributed by atoms with Gasteiger partial charge in [-0.25, -0.2) is 13.8 Å². The van der Waals surface area contributed by atoms with Gasteiger partial charge in [-0.15, -0.1) is 0 Å². The molecular formula is C40H45F2N9O. The van der Waals surface area contributed by atoms with Crippen LogP contribution < -0.4 is 9.64 Å². The molecule has 3 atom stereocenters. The van der Waals surface area contributed by atoms with Crippen LogP contribution in [0.25, 0.3) is 22.6 Å². The summed E-state index contributed by atoms with van der Waals surface area (Å²) < 4.78 is 40.0. The lowest BCUT2D eigenvalue weighted by Crippen LogP contribution is -2.51. The van der Waals surface area contributed by atoms with Gasteiger partial charge in [-0.3, -0.25) is 14.5 Å². The molecule has 0 N–H and O–H groups in total. The van der Waals surface area contributed by atoms with Crippen molar-refractivity contribution in [2.75, 3.05) is 38.2 Å². The molecule has 2 fully saturated rings. The molecular weight excluding hydrogens is 660 g/mol. The molecule has 1 spiro atoms. The summed E-state index contributed by atoms with van der Waals surface area (Å²) in [4.78, 5) is 22.3.